The summed E-state index contributed by atoms with van der Waals surface area (Å²) in [5, 5.41) is 13.6. The number of aromatic amines is 1. The number of nitrogens with zero attached hydrogens (tertiary/aromatic N) is 6. The average molecular weight is 534 g/mol. The number of H-pyrrole nitrogens is 1. The first-order chi connectivity index (χ1) is 19.1. The van der Waals surface area contributed by atoms with E-state index in [9.17, 15) is 9.18 Å². The summed E-state index contributed by atoms with van der Waals surface area (Å²) in [7, 11) is 0. The van der Waals surface area contributed by atoms with Crippen LogP contribution in [0.25, 0.3) is 10.9 Å². The molecule has 2 aromatic heterocycles. The van der Waals surface area contributed by atoms with Gasteiger partial charge in [-0.25, -0.2) is 9.07 Å². The van der Waals surface area contributed by atoms with Crippen LogP contribution in [-0.2, 0) is 11.3 Å². The Balaban J connectivity index is 1.36. The third-order valence-corrected chi connectivity index (χ3v) is 7.53. The summed E-state index contributed by atoms with van der Waals surface area (Å²) in [6.45, 7) is 6.55. The molecule has 0 amide bonds. The van der Waals surface area contributed by atoms with Gasteiger partial charge in [-0.15, -0.1) is 5.10 Å². The van der Waals surface area contributed by atoms with Gasteiger partial charge in [0.15, 0.2) is 5.82 Å². The Kier molecular flexibility index (Phi) is 7.25. The molecule has 4 heterocycles. The zero-order valence-corrected chi connectivity index (χ0v) is 21.9. The van der Waals surface area contributed by atoms with Crippen molar-refractivity contribution in [1.29, 1.82) is 0 Å². The maximum Gasteiger partial charge on any atom is 0.253 e. The molecule has 0 bridgehead atoms. The quantitative estimate of drug-likeness (QED) is 0.369. The third-order valence-electron chi connectivity index (χ3n) is 7.53. The minimum Gasteiger partial charge on any atom is -0.494 e. The van der Waals surface area contributed by atoms with Gasteiger partial charge in [0.25, 0.3) is 5.56 Å². The molecule has 1 N–H and O–H groups in total. The van der Waals surface area contributed by atoms with Gasteiger partial charge >= 0.3 is 0 Å². The molecule has 2 saturated heterocycles. The molecule has 10 nitrogen and oxygen atoms in total. The van der Waals surface area contributed by atoms with Crippen molar-refractivity contribution >= 4 is 16.6 Å². The lowest BCUT2D eigenvalue weighted by molar-refractivity contribution is 0.0906. The van der Waals surface area contributed by atoms with E-state index in [1.807, 2.05) is 31.2 Å². The van der Waals surface area contributed by atoms with Crippen molar-refractivity contribution in [2.75, 3.05) is 44.3 Å². The molecule has 2 aromatic carbocycles. The number of hydrogen-bond acceptors (Lipinski definition) is 8. The predicted molar refractivity (Wildman–Crippen MR) is 145 cm³/mol. The number of anilines is 1. The number of tetrazole rings is 1. The number of fused-ring (bicyclic) bond motifs is 1. The van der Waals surface area contributed by atoms with E-state index in [1.54, 1.807) is 16.8 Å². The molecule has 2 atom stereocenters. The fourth-order valence-corrected chi connectivity index (χ4v) is 5.57. The van der Waals surface area contributed by atoms with Crippen LogP contribution in [0.2, 0.25) is 0 Å². The number of ether oxygens (including phenoxy) is 2. The van der Waals surface area contributed by atoms with Gasteiger partial charge in [0, 0.05) is 54.9 Å². The van der Waals surface area contributed by atoms with Crippen LogP contribution in [0.3, 0.4) is 0 Å². The molecule has 4 aromatic rings. The first-order valence-electron chi connectivity index (χ1n) is 13.5. The molecule has 11 heteroatoms. The fourth-order valence-electron chi connectivity index (χ4n) is 5.57. The topological polar surface area (TPSA) is 101 Å². The maximum atomic E-state index is 13.5. The summed E-state index contributed by atoms with van der Waals surface area (Å²) in [5.74, 6) is 1.11. The van der Waals surface area contributed by atoms with Crippen molar-refractivity contribution in [2.45, 2.75) is 38.5 Å². The summed E-state index contributed by atoms with van der Waals surface area (Å²) in [5.41, 5.74) is 2.12. The Hall–Kier alpha value is -3.83. The van der Waals surface area contributed by atoms with E-state index < -0.39 is 6.04 Å². The zero-order valence-electron chi connectivity index (χ0n) is 21.9. The molecule has 204 valence electrons. The second-order valence-corrected chi connectivity index (χ2v) is 9.99. The van der Waals surface area contributed by atoms with Crippen molar-refractivity contribution < 1.29 is 13.9 Å². The van der Waals surface area contributed by atoms with Gasteiger partial charge in [-0.2, -0.15) is 0 Å². The van der Waals surface area contributed by atoms with Crippen molar-refractivity contribution in [3.8, 4) is 5.75 Å². The van der Waals surface area contributed by atoms with Gasteiger partial charge in [-0.3, -0.25) is 9.69 Å². The lowest BCUT2D eigenvalue weighted by Crippen LogP contribution is -2.49. The number of halogens is 1. The van der Waals surface area contributed by atoms with E-state index in [4.69, 9.17) is 9.47 Å². The molecule has 0 aliphatic carbocycles. The summed E-state index contributed by atoms with van der Waals surface area (Å²) in [4.78, 5) is 21.1. The Bertz CT molecular complexity index is 1470. The van der Waals surface area contributed by atoms with Crippen molar-refractivity contribution in [2.24, 2.45) is 0 Å². The van der Waals surface area contributed by atoms with Gasteiger partial charge in [0.1, 0.15) is 17.6 Å². The molecule has 2 aliphatic heterocycles. The van der Waals surface area contributed by atoms with E-state index in [0.717, 1.165) is 54.9 Å². The number of aromatic nitrogens is 5. The number of nitrogens with one attached hydrogen (secondary N) is 1. The van der Waals surface area contributed by atoms with Crippen LogP contribution in [0.4, 0.5) is 10.1 Å². The van der Waals surface area contributed by atoms with Gasteiger partial charge in [0.05, 0.1) is 19.3 Å². The Labute approximate surface area is 225 Å². The fraction of sp³-hybridized carbons (Fsp3) is 0.429. The highest BCUT2D eigenvalue weighted by molar-refractivity contribution is 5.80. The highest BCUT2D eigenvalue weighted by Gasteiger charge is 2.33. The van der Waals surface area contributed by atoms with Crippen LogP contribution in [0, 0.1) is 5.82 Å². The predicted octanol–water partition coefficient (Wildman–Crippen LogP) is 3.14. The van der Waals surface area contributed by atoms with Crippen LogP contribution in [-0.4, -0.2) is 75.6 Å². The first kappa shape index (κ1) is 25.4. The lowest BCUT2D eigenvalue weighted by Gasteiger charge is -2.39. The maximum absolute atomic E-state index is 13.5. The summed E-state index contributed by atoms with van der Waals surface area (Å²) >= 11 is 0. The number of benzene rings is 2. The number of hydrogen-bond donors (Lipinski definition) is 1. The number of piperazine rings is 1. The molecule has 0 saturated carbocycles. The highest BCUT2D eigenvalue weighted by atomic mass is 19.1. The second kappa shape index (κ2) is 11.1. The molecule has 2 fully saturated rings. The van der Waals surface area contributed by atoms with Crippen LogP contribution in [0.5, 0.6) is 5.75 Å². The van der Waals surface area contributed by atoms with E-state index in [-0.39, 0.29) is 17.5 Å². The molecular weight excluding hydrogens is 501 g/mol. The Morgan fingerprint density at radius 2 is 1.95 bits per heavy atom. The lowest BCUT2D eigenvalue weighted by atomic mass is 10.0. The largest absolute Gasteiger partial charge is 0.494 e. The van der Waals surface area contributed by atoms with E-state index in [2.05, 4.69) is 30.3 Å². The monoisotopic (exact) mass is 533 g/mol. The Morgan fingerprint density at radius 3 is 2.69 bits per heavy atom. The highest BCUT2D eigenvalue weighted by Crippen LogP contribution is 2.30. The number of rotatable bonds is 8. The molecule has 0 radical (unpaired) electrons. The van der Waals surface area contributed by atoms with Gasteiger partial charge < -0.3 is 19.4 Å². The van der Waals surface area contributed by atoms with Crippen LogP contribution in [0.1, 0.15) is 37.2 Å². The molecule has 2 aliphatic rings. The Morgan fingerprint density at radius 1 is 1.13 bits per heavy atom. The minimum absolute atomic E-state index is 0.0480. The minimum atomic E-state index is -0.458. The van der Waals surface area contributed by atoms with Gasteiger partial charge in [-0.1, -0.05) is 0 Å². The molecule has 6 rings (SSSR count). The summed E-state index contributed by atoms with van der Waals surface area (Å²) < 4.78 is 26.8. The normalized spacial score (nSPS) is 19.0. The summed E-state index contributed by atoms with van der Waals surface area (Å²) in [6.07, 6.45) is 2.02. The standard InChI is InChI=1S/C28H32FN7O3/c1-2-38-22-9-10-25-19(16-22)17-24(28(37)30-25)26(27-31-32-33-36(27)18-23-4-3-15-39-23)35-13-11-34(12-14-35)21-7-5-20(29)6-8-21/h5-10,16-17,23,26H,2-4,11-15,18H2,1H3,(H,30,37)/t23-,26-/m0/s1. The van der Waals surface area contributed by atoms with Crippen LogP contribution in [0.15, 0.2) is 53.3 Å². The van der Waals surface area contributed by atoms with E-state index in [1.165, 1.54) is 12.1 Å². The van der Waals surface area contributed by atoms with Gasteiger partial charge in [-0.05, 0) is 78.7 Å². The smallest absolute Gasteiger partial charge is 0.253 e. The van der Waals surface area contributed by atoms with Crippen LogP contribution < -0.4 is 15.2 Å². The van der Waals surface area contributed by atoms with Gasteiger partial charge in [0.2, 0.25) is 0 Å². The zero-order chi connectivity index (χ0) is 26.8. The van der Waals surface area contributed by atoms with E-state index in [0.29, 0.717) is 37.6 Å². The molecule has 0 unspecified atom stereocenters. The molecule has 39 heavy (non-hydrogen) atoms. The van der Waals surface area contributed by atoms with Crippen molar-refractivity contribution in [1.82, 2.24) is 30.1 Å². The number of pyridine rings is 1. The molecular formula is C28H32FN7O3. The van der Waals surface area contributed by atoms with Crippen molar-refractivity contribution in [3.63, 3.8) is 0 Å². The SMILES string of the molecule is CCOc1ccc2[nH]c(=O)c([C@@H](c3nnnn3C[C@@H]3CCCO3)N3CCN(c4ccc(F)cc4)CC3)cc2c1. The average Bonchev–Trinajstić information content (AvgIpc) is 3.63. The summed E-state index contributed by atoms with van der Waals surface area (Å²) in [6, 6.07) is 13.7. The van der Waals surface area contributed by atoms with E-state index >= 15 is 0 Å². The van der Waals surface area contributed by atoms with Crippen molar-refractivity contribution in [3.05, 3.63) is 76.1 Å². The first-order valence-corrected chi connectivity index (χ1v) is 13.5. The molecule has 0 spiro atoms. The van der Waals surface area contributed by atoms with Crippen LogP contribution >= 0.6 is 0 Å². The third kappa shape index (κ3) is 5.37. The second-order valence-electron chi connectivity index (χ2n) is 9.99.